The smallest absolute Gasteiger partial charge is 0.320 e. The zero-order valence-corrected chi connectivity index (χ0v) is 9.48. The van der Waals surface area contributed by atoms with Gasteiger partial charge in [-0.05, 0) is 31.3 Å². The Labute approximate surface area is 89.6 Å². The van der Waals surface area contributed by atoms with E-state index >= 15 is 0 Å². The highest BCUT2D eigenvalue weighted by Gasteiger charge is 2.22. The molecule has 0 aromatic heterocycles. The predicted molar refractivity (Wildman–Crippen MR) is 59.8 cm³/mol. The van der Waals surface area contributed by atoms with Gasteiger partial charge in [0.05, 0.1) is 0 Å². The van der Waals surface area contributed by atoms with Crippen molar-refractivity contribution in [2.24, 2.45) is 0 Å². The molecule has 2 N–H and O–H groups in total. The van der Waals surface area contributed by atoms with Crippen LogP contribution in [0.2, 0.25) is 0 Å². The van der Waals surface area contributed by atoms with Gasteiger partial charge in [0.25, 0.3) is 0 Å². The Bertz CT molecular complexity index is 181. The Morgan fingerprint density at radius 2 is 2.21 bits per heavy atom. The Balaban J connectivity index is 2.30. The van der Waals surface area contributed by atoms with Crippen LogP contribution in [0.4, 0.5) is 0 Å². The summed E-state index contributed by atoms with van der Waals surface area (Å²) in [6, 6.07) is 0.100. The molecule has 0 heterocycles. The van der Waals surface area contributed by atoms with E-state index < -0.39 is 5.97 Å². The summed E-state index contributed by atoms with van der Waals surface area (Å²) in [4.78, 5) is 10.9. The maximum Gasteiger partial charge on any atom is 0.320 e. The van der Waals surface area contributed by atoms with E-state index in [4.69, 9.17) is 5.11 Å². The lowest BCUT2D eigenvalue weighted by atomic mass is 10.1. The van der Waals surface area contributed by atoms with Crippen LogP contribution in [0, 0.1) is 0 Å². The summed E-state index contributed by atoms with van der Waals surface area (Å²) in [5, 5.41) is 12.2. The SMILES string of the molecule is CSCC[C@H](NC1CCCC1)C(=O)O. The van der Waals surface area contributed by atoms with Gasteiger partial charge >= 0.3 is 5.97 Å². The molecule has 1 aliphatic rings. The number of rotatable bonds is 6. The van der Waals surface area contributed by atoms with Crippen molar-refractivity contribution in [2.75, 3.05) is 12.0 Å². The second-order valence-corrected chi connectivity index (χ2v) is 4.81. The van der Waals surface area contributed by atoms with Crippen molar-refractivity contribution in [3.8, 4) is 0 Å². The van der Waals surface area contributed by atoms with E-state index in [2.05, 4.69) is 5.32 Å². The van der Waals surface area contributed by atoms with Crippen LogP contribution in [0.15, 0.2) is 0 Å². The van der Waals surface area contributed by atoms with Crippen molar-refractivity contribution in [3.63, 3.8) is 0 Å². The molecule has 0 unspecified atom stereocenters. The molecule has 1 atom stereocenters. The topological polar surface area (TPSA) is 49.3 Å². The highest BCUT2D eigenvalue weighted by molar-refractivity contribution is 7.98. The number of hydrogen-bond acceptors (Lipinski definition) is 3. The van der Waals surface area contributed by atoms with Crippen LogP contribution in [0.1, 0.15) is 32.1 Å². The molecule has 0 aromatic carbocycles. The van der Waals surface area contributed by atoms with Crippen LogP contribution in [-0.4, -0.2) is 35.2 Å². The van der Waals surface area contributed by atoms with Gasteiger partial charge in [-0.25, -0.2) is 0 Å². The van der Waals surface area contributed by atoms with E-state index in [1.54, 1.807) is 11.8 Å². The molecule has 1 aliphatic carbocycles. The van der Waals surface area contributed by atoms with Crippen molar-refractivity contribution in [2.45, 2.75) is 44.2 Å². The van der Waals surface area contributed by atoms with Crippen LogP contribution >= 0.6 is 11.8 Å². The van der Waals surface area contributed by atoms with Crippen LogP contribution in [-0.2, 0) is 4.79 Å². The Morgan fingerprint density at radius 3 is 2.71 bits per heavy atom. The average Bonchev–Trinajstić information content (AvgIpc) is 2.64. The number of carboxylic acid groups (broad SMARTS) is 1. The largest absolute Gasteiger partial charge is 0.480 e. The van der Waals surface area contributed by atoms with Crippen LogP contribution in [0.25, 0.3) is 0 Å². The van der Waals surface area contributed by atoms with E-state index in [0.29, 0.717) is 6.04 Å². The van der Waals surface area contributed by atoms with Gasteiger partial charge in [0.1, 0.15) is 6.04 Å². The lowest BCUT2D eigenvalue weighted by Gasteiger charge is -2.18. The van der Waals surface area contributed by atoms with E-state index in [1.807, 2.05) is 6.26 Å². The van der Waals surface area contributed by atoms with E-state index in [9.17, 15) is 4.79 Å². The molecule has 0 aliphatic heterocycles. The van der Waals surface area contributed by atoms with Crippen LogP contribution in [0.3, 0.4) is 0 Å². The second-order valence-electron chi connectivity index (χ2n) is 3.82. The Morgan fingerprint density at radius 1 is 1.57 bits per heavy atom. The molecule has 0 bridgehead atoms. The van der Waals surface area contributed by atoms with E-state index in [1.165, 1.54) is 12.8 Å². The highest BCUT2D eigenvalue weighted by atomic mass is 32.2. The average molecular weight is 217 g/mol. The number of thioether (sulfide) groups is 1. The van der Waals surface area contributed by atoms with Crippen molar-refractivity contribution >= 4 is 17.7 Å². The molecule has 4 heteroatoms. The van der Waals surface area contributed by atoms with Crippen molar-refractivity contribution in [3.05, 3.63) is 0 Å². The second kappa shape index (κ2) is 6.30. The fourth-order valence-electron chi connectivity index (χ4n) is 1.89. The van der Waals surface area contributed by atoms with Gasteiger partial charge in [0, 0.05) is 6.04 Å². The number of hydrogen-bond donors (Lipinski definition) is 2. The minimum atomic E-state index is -0.703. The predicted octanol–water partition coefficient (Wildman–Crippen LogP) is 1.72. The van der Waals surface area contributed by atoms with Gasteiger partial charge in [-0.2, -0.15) is 11.8 Å². The molecule has 0 aromatic rings. The Kier molecular flexibility index (Phi) is 5.33. The molecule has 0 amide bonds. The first kappa shape index (κ1) is 11.9. The summed E-state index contributed by atoms with van der Waals surface area (Å²) in [5.74, 6) is 0.211. The summed E-state index contributed by atoms with van der Waals surface area (Å²) in [7, 11) is 0. The summed E-state index contributed by atoms with van der Waals surface area (Å²) < 4.78 is 0. The number of carbonyl (C=O) groups is 1. The third kappa shape index (κ3) is 3.88. The maximum absolute atomic E-state index is 10.9. The van der Waals surface area contributed by atoms with Gasteiger partial charge in [0.2, 0.25) is 0 Å². The zero-order chi connectivity index (χ0) is 10.4. The number of carboxylic acids is 1. The molecule has 82 valence electrons. The monoisotopic (exact) mass is 217 g/mol. The van der Waals surface area contributed by atoms with Gasteiger partial charge in [0.15, 0.2) is 0 Å². The molecule has 0 spiro atoms. The molecule has 1 saturated carbocycles. The van der Waals surface area contributed by atoms with Crippen LogP contribution < -0.4 is 5.32 Å². The molecule has 1 fully saturated rings. The fraction of sp³-hybridized carbons (Fsp3) is 0.900. The third-order valence-corrected chi connectivity index (χ3v) is 3.34. The maximum atomic E-state index is 10.9. The summed E-state index contributed by atoms with van der Waals surface area (Å²) in [5.41, 5.74) is 0. The molecular formula is C10H19NO2S. The molecule has 1 rings (SSSR count). The molecular weight excluding hydrogens is 198 g/mol. The molecule has 3 nitrogen and oxygen atoms in total. The van der Waals surface area contributed by atoms with Crippen LogP contribution in [0.5, 0.6) is 0 Å². The summed E-state index contributed by atoms with van der Waals surface area (Å²) in [6.45, 7) is 0. The van der Waals surface area contributed by atoms with Gasteiger partial charge in [-0.1, -0.05) is 12.8 Å². The van der Waals surface area contributed by atoms with E-state index in [-0.39, 0.29) is 6.04 Å². The number of nitrogens with one attached hydrogen (secondary N) is 1. The number of aliphatic carboxylic acids is 1. The lowest BCUT2D eigenvalue weighted by molar-refractivity contribution is -0.139. The quantitative estimate of drug-likeness (QED) is 0.711. The standard InChI is InChI=1S/C10H19NO2S/c1-14-7-6-9(10(12)13)11-8-4-2-3-5-8/h8-9,11H,2-7H2,1H3,(H,12,13)/t9-/m0/s1. The molecule has 14 heavy (non-hydrogen) atoms. The first-order chi connectivity index (χ1) is 6.74. The highest BCUT2D eigenvalue weighted by Crippen LogP contribution is 2.18. The van der Waals surface area contributed by atoms with Crippen molar-refractivity contribution in [1.29, 1.82) is 0 Å². The van der Waals surface area contributed by atoms with Gasteiger partial charge in [-0.15, -0.1) is 0 Å². The Hall–Kier alpha value is -0.220. The first-order valence-electron chi connectivity index (χ1n) is 5.22. The van der Waals surface area contributed by atoms with E-state index in [0.717, 1.165) is 25.0 Å². The summed E-state index contributed by atoms with van der Waals surface area (Å²) in [6.07, 6.45) is 7.51. The van der Waals surface area contributed by atoms with Gasteiger partial charge in [-0.3, -0.25) is 4.79 Å². The van der Waals surface area contributed by atoms with Crippen molar-refractivity contribution in [1.82, 2.24) is 5.32 Å². The zero-order valence-electron chi connectivity index (χ0n) is 8.66. The molecule has 0 radical (unpaired) electrons. The molecule has 0 saturated heterocycles. The van der Waals surface area contributed by atoms with Gasteiger partial charge < -0.3 is 10.4 Å². The fourth-order valence-corrected chi connectivity index (χ4v) is 2.36. The van der Waals surface area contributed by atoms with Crippen molar-refractivity contribution < 1.29 is 9.90 Å². The first-order valence-corrected chi connectivity index (χ1v) is 6.61. The normalized spacial score (nSPS) is 19.8. The minimum absolute atomic E-state index is 0.342. The summed E-state index contributed by atoms with van der Waals surface area (Å²) >= 11 is 1.70. The minimum Gasteiger partial charge on any atom is -0.480 e. The lowest BCUT2D eigenvalue weighted by Crippen LogP contribution is -2.42. The third-order valence-electron chi connectivity index (χ3n) is 2.70.